The molecular weight excluding hydrogens is 288 g/mol. The van der Waals surface area contributed by atoms with E-state index in [1.165, 1.54) is 24.8 Å². The van der Waals surface area contributed by atoms with Crippen molar-refractivity contribution in [1.82, 2.24) is 10.2 Å². The summed E-state index contributed by atoms with van der Waals surface area (Å²) >= 11 is 0. The maximum Gasteiger partial charge on any atom is 0.223 e. The SMILES string of the molecule is O=C(N[C@H](CN1CCOCC1)c1ccccc1)C1CCCCC1. The molecule has 1 aromatic rings. The van der Waals surface area contributed by atoms with Crippen LogP contribution in [0.2, 0.25) is 0 Å². The number of rotatable bonds is 5. The normalized spacial score (nSPS) is 21.7. The van der Waals surface area contributed by atoms with Crippen LogP contribution in [0.25, 0.3) is 0 Å². The quantitative estimate of drug-likeness (QED) is 0.908. The molecule has 1 saturated carbocycles. The highest BCUT2D eigenvalue weighted by Gasteiger charge is 2.25. The van der Waals surface area contributed by atoms with Crippen LogP contribution < -0.4 is 5.32 Å². The lowest BCUT2D eigenvalue weighted by molar-refractivity contribution is -0.126. The Morgan fingerprint density at radius 3 is 2.52 bits per heavy atom. The molecule has 0 aromatic heterocycles. The van der Waals surface area contributed by atoms with Crippen molar-refractivity contribution in [3.8, 4) is 0 Å². The van der Waals surface area contributed by atoms with Gasteiger partial charge in [-0.1, -0.05) is 49.6 Å². The van der Waals surface area contributed by atoms with Crippen LogP contribution in [0.1, 0.15) is 43.7 Å². The second-order valence-corrected chi connectivity index (χ2v) is 6.72. The first-order valence-electron chi connectivity index (χ1n) is 8.98. The molecule has 23 heavy (non-hydrogen) atoms. The number of benzene rings is 1. The minimum Gasteiger partial charge on any atom is -0.379 e. The predicted octanol–water partition coefficient (Wildman–Crippen LogP) is 2.76. The van der Waals surface area contributed by atoms with E-state index in [4.69, 9.17) is 4.74 Å². The van der Waals surface area contributed by atoms with Crippen molar-refractivity contribution in [2.24, 2.45) is 5.92 Å². The van der Waals surface area contributed by atoms with Crippen LogP contribution >= 0.6 is 0 Å². The third-order valence-corrected chi connectivity index (χ3v) is 5.04. The van der Waals surface area contributed by atoms with E-state index in [1.54, 1.807) is 0 Å². The van der Waals surface area contributed by atoms with E-state index in [2.05, 4.69) is 34.5 Å². The summed E-state index contributed by atoms with van der Waals surface area (Å²) in [6.07, 6.45) is 5.75. The lowest BCUT2D eigenvalue weighted by Gasteiger charge is -2.32. The van der Waals surface area contributed by atoms with E-state index in [9.17, 15) is 4.79 Å². The Morgan fingerprint density at radius 1 is 1.13 bits per heavy atom. The third kappa shape index (κ3) is 4.79. The van der Waals surface area contributed by atoms with Gasteiger partial charge in [0.15, 0.2) is 0 Å². The monoisotopic (exact) mass is 316 g/mol. The molecule has 1 aliphatic heterocycles. The minimum atomic E-state index is 0.0729. The van der Waals surface area contributed by atoms with Gasteiger partial charge in [0, 0.05) is 25.6 Å². The molecule has 1 amide bonds. The topological polar surface area (TPSA) is 41.6 Å². The number of carbonyl (C=O) groups excluding carboxylic acids is 1. The van der Waals surface area contributed by atoms with Gasteiger partial charge in [-0.15, -0.1) is 0 Å². The van der Waals surface area contributed by atoms with Gasteiger partial charge in [0.25, 0.3) is 0 Å². The molecule has 0 spiro atoms. The molecule has 1 aromatic carbocycles. The van der Waals surface area contributed by atoms with Crippen LogP contribution in [-0.2, 0) is 9.53 Å². The Balaban J connectivity index is 1.65. The number of nitrogens with zero attached hydrogens (tertiary/aromatic N) is 1. The molecule has 3 rings (SSSR count). The average molecular weight is 316 g/mol. The maximum absolute atomic E-state index is 12.7. The molecule has 4 heteroatoms. The lowest BCUT2D eigenvalue weighted by atomic mass is 9.88. The van der Waals surface area contributed by atoms with Crippen LogP contribution in [0, 0.1) is 5.92 Å². The number of amides is 1. The van der Waals surface area contributed by atoms with E-state index in [0.29, 0.717) is 0 Å². The van der Waals surface area contributed by atoms with Gasteiger partial charge in [-0.3, -0.25) is 9.69 Å². The van der Waals surface area contributed by atoms with Crippen molar-refractivity contribution in [2.75, 3.05) is 32.8 Å². The van der Waals surface area contributed by atoms with Gasteiger partial charge in [0.1, 0.15) is 0 Å². The van der Waals surface area contributed by atoms with E-state index >= 15 is 0 Å². The zero-order valence-electron chi connectivity index (χ0n) is 13.9. The molecule has 126 valence electrons. The van der Waals surface area contributed by atoms with Crippen LogP contribution in [0.15, 0.2) is 30.3 Å². The van der Waals surface area contributed by atoms with Gasteiger partial charge in [-0.05, 0) is 18.4 Å². The van der Waals surface area contributed by atoms with Crippen molar-refractivity contribution in [3.05, 3.63) is 35.9 Å². The highest BCUT2D eigenvalue weighted by atomic mass is 16.5. The number of nitrogens with one attached hydrogen (secondary N) is 1. The molecule has 1 N–H and O–H groups in total. The molecular formula is C19H28N2O2. The van der Waals surface area contributed by atoms with Crippen LogP contribution in [0.5, 0.6) is 0 Å². The highest BCUT2D eigenvalue weighted by Crippen LogP contribution is 2.25. The molecule has 2 aliphatic rings. The Labute approximate surface area is 139 Å². The number of ether oxygens (including phenoxy) is 1. The summed E-state index contributed by atoms with van der Waals surface area (Å²) in [6, 6.07) is 10.4. The van der Waals surface area contributed by atoms with Gasteiger partial charge in [0.05, 0.1) is 19.3 Å². The summed E-state index contributed by atoms with van der Waals surface area (Å²) in [4.78, 5) is 15.1. The number of morpholine rings is 1. The second kappa shape index (κ2) is 8.46. The molecule has 0 bridgehead atoms. The molecule has 0 unspecified atom stereocenters. The number of hydrogen-bond donors (Lipinski definition) is 1. The van der Waals surface area contributed by atoms with Crippen LogP contribution in [0.4, 0.5) is 0 Å². The molecule has 1 atom stereocenters. The second-order valence-electron chi connectivity index (χ2n) is 6.72. The van der Waals surface area contributed by atoms with Gasteiger partial charge < -0.3 is 10.1 Å². The fourth-order valence-electron chi connectivity index (χ4n) is 3.62. The first-order valence-corrected chi connectivity index (χ1v) is 8.98. The zero-order valence-corrected chi connectivity index (χ0v) is 13.9. The first-order chi connectivity index (χ1) is 11.3. The molecule has 1 saturated heterocycles. The van der Waals surface area contributed by atoms with Crippen molar-refractivity contribution >= 4 is 5.91 Å². The average Bonchev–Trinajstić information content (AvgIpc) is 2.63. The predicted molar refractivity (Wildman–Crippen MR) is 91.2 cm³/mol. The first kappa shape index (κ1) is 16.5. The van der Waals surface area contributed by atoms with Crippen molar-refractivity contribution in [1.29, 1.82) is 0 Å². The maximum atomic E-state index is 12.7. The largest absolute Gasteiger partial charge is 0.379 e. The van der Waals surface area contributed by atoms with Gasteiger partial charge in [-0.2, -0.15) is 0 Å². The third-order valence-electron chi connectivity index (χ3n) is 5.04. The van der Waals surface area contributed by atoms with Crippen molar-refractivity contribution in [3.63, 3.8) is 0 Å². The van der Waals surface area contributed by atoms with Crippen LogP contribution in [0.3, 0.4) is 0 Å². The molecule has 1 aliphatic carbocycles. The van der Waals surface area contributed by atoms with Gasteiger partial charge in [0.2, 0.25) is 5.91 Å². The van der Waals surface area contributed by atoms with E-state index in [-0.39, 0.29) is 17.9 Å². The van der Waals surface area contributed by atoms with Crippen molar-refractivity contribution < 1.29 is 9.53 Å². The fourth-order valence-corrected chi connectivity index (χ4v) is 3.62. The lowest BCUT2D eigenvalue weighted by Crippen LogP contribution is -2.44. The van der Waals surface area contributed by atoms with E-state index in [0.717, 1.165) is 45.7 Å². The Hall–Kier alpha value is -1.39. The molecule has 2 fully saturated rings. The molecule has 1 heterocycles. The smallest absolute Gasteiger partial charge is 0.223 e. The van der Waals surface area contributed by atoms with Crippen molar-refractivity contribution in [2.45, 2.75) is 38.1 Å². The summed E-state index contributed by atoms with van der Waals surface area (Å²) < 4.78 is 5.43. The minimum absolute atomic E-state index is 0.0729. The van der Waals surface area contributed by atoms with E-state index < -0.39 is 0 Å². The van der Waals surface area contributed by atoms with E-state index in [1.807, 2.05) is 6.07 Å². The zero-order chi connectivity index (χ0) is 15.9. The number of hydrogen-bond acceptors (Lipinski definition) is 3. The number of carbonyl (C=O) groups is 1. The Morgan fingerprint density at radius 2 is 1.83 bits per heavy atom. The summed E-state index contributed by atoms with van der Waals surface area (Å²) in [5, 5.41) is 3.33. The summed E-state index contributed by atoms with van der Waals surface area (Å²) in [5.74, 6) is 0.450. The summed E-state index contributed by atoms with van der Waals surface area (Å²) in [5.41, 5.74) is 1.20. The molecule has 4 nitrogen and oxygen atoms in total. The Bertz CT molecular complexity index is 479. The summed E-state index contributed by atoms with van der Waals surface area (Å²) in [7, 11) is 0. The molecule has 0 radical (unpaired) electrons. The standard InChI is InChI=1S/C19H28N2O2/c22-19(17-9-5-2-6-10-17)20-18(16-7-3-1-4-8-16)15-21-11-13-23-14-12-21/h1,3-4,7-8,17-18H,2,5-6,9-15H2,(H,20,22)/t18-/m1/s1. The van der Waals surface area contributed by atoms with Gasteiger partial charge in [-0.25, -0.2) is 0 Å². The fraction of sp³-hybridized carbons (Fsp3) is 0.632. The van der Waals surface area contributed by atoms with Crippen LogP contribution in [-0.4, -0.2) is 43.7 Å². The van der Waals surface area contributed by atoms with Gasteiger partial charge >= 0.3 is 0 Å². The Kier molecular flexibility index (Phi) is 6.06. The summed E-state index contributed by atoms with van der Waals surface area (Å²) in [6.45, 7) is 4.34. The highest BCUT2D eigenvalue weighted by molar-refractivity contribution is 5.79.